The van der Waals surface area contributed by atoms with Crippen LogP contribution in [0.1, 0.15) is 59.5 Å². The van der Waals surface area contributed by atoms with E-state index >= 15 is 0 Å². The standard InChI is InChI=1S/C30H34N4O6S/c1-32(37)41(38,39)31-29(35)22-11-12-25-26(18-22)34-19-23(30(36)33-13-15-40-16-14-33)17-21-9-5-6-10-24(21)28(34)27(25)20-7-3-2-4-8-20/h5-6,9-12,17-18,20,37H,2-4,7-8,13-16,19H2,1H3,(H,31,35). The van der Waals surface area contributed by atoms with Gasteiger partial charge in [0.15, 0.2) is 0 Å². The highest BCUT2D eigenvalue weighted by molar-refractivity contribution is 7.87. The summed E-state index contributed by atoms with van der Waals surface area (Å²) in [6.07, 6.45) is 7.60. The maximum absolute atomic E-state index is 13.8. The number of nitrogens with zero attached hydrogens (tertiary/aromatic N) is 3. The van der Waals surface area contributed by atoms with Gasteiger partial charge in [-0.25, -0.2) is 4.72 Å². The van der Waals surface area contributed by atoms with E-state index in [2.05, 4.69) is 10.6 Å². The number of ether oxygens (including phenoxy) is 1. The zero-order chi connectivity index (χ0) is 28.7. The van der Waals surface area contributed by atoms with Crippen LogP contribution in [0.25, 0.3) is 28.2 Å². The van der Waals surface area contributed by atoms with Crippen LogP contribution in [0.2, 0.25) is 0 Å². The largest absolute Gasteiger partial charge is 0.378 e. The second-order valence-corrected chi connectivity index (χ2v) is 12.6. The third-order valence-electron chi connectivity index (χ3n) is 8.40. The average molecular weight is 579 g/mol. The van der Waals surface area contributed by atoms with Gasteiger partial charge in [0.2, 0.25) is 0 Å². The fourth-order valence-corrected chi connectivity index (χ4v) is 6.84. The number of benzene rings is 2. The summed E-state index contributed by atoms with van der Waals surface area (Å²) in [6.45, 7) is 2.38. The Morgan fingerprint density at radius 2 is 1.78 bits per heavy atom. The molecule has 41 heavy (non-hydrogen) atoms. The highest BCUT2D eigenvalue weighted by atomic mass is 32.2. The van der Waals surface area contributed by atoms with Crippen LogP contribution >= 0.6 is 0 Å². The Morgan fingerprint density at radius 3 is 2.51 bits per heavy atom. The van der Waals surface area contributed by atoms with Crippen LogP contribution in [0, 0.1) is 0 Å². The lowest BCUT2D eigenvalue weighted by Gasteiger charge is -2.28. The van der Waals surface area contributed by atoms with E-state index in [-0.39, 0.29) is 15.9 Å². The molecule has 0 spiro atoms. The number of aromatic nitrogens is 1. The van der Waals surface area contributed by atoms with Gasteiger partial charge < -0.3 is 14.2 Å². The number of amides is 2. The topological polar surface area (TPSA) is 121 Å². The van der Waals surface area contributed by atoms with Crippen LogP contribution < -0.4 is 4.72 Å². The Morgan fingerprint density at radius 1 is 1.05 bits per heavy atom. The summed E-state index contributed by atoms with van der Waals surface area (Å²) in [7, 11) is -3.46. The first-order valence-electron chi connectivity index (χ1n) is 14.1. The molecule has 2 amide bonds. The summed E-state index contributed by atoms with van der Waals surface area (Å²) in [6, 6.07) is 13.3. The van der Waals surface area contributed by atoms with Crippen molar-refractivity contribution in [1.29, 1.82) is 0 Å². The molecule has 2 fully saturated rings. The molecule has 6 rings (SSSR count). The van der Waals surface area contributed by atoms with E-state index in [0.717, 1.165) is 60.5 Å². The number of carbonyl (C=O) groups is 2. The first-order valence-corrected chi connectivity index (χ1v) is 15.5. The minimum absolute atomic E-state index is 0.0286. The Balaban J connectivity index is 1.54. The molecule has 2 aromatic carbocycles. The minimum atomic E-state index is -4.39. The van der Waals surface area contributed by atoms with E-state index in [1.165, 1.54) is 12.0 Å². The molecule has 3 aliphatic rings. The van der Waals surface area contributed by atoms with E-state index in [4.69, 9.17) is 4.74 Å². The van der Waals surface area contributed by atoms with Crippen LogP contribution in [0.3, 0.4) is 0 Å². The number of hydroxylamine groups is 1. The fourth-order valence-electron chi connectivity index (χ4n) is 6.36. The second-order valence-electron chi connectivity index (χ2n) is 10.9. The molecule has 216 valence electrons. The zero-order valence-electron chi connectivity index (χ0n) is 23.0. The molecule has 2 N–H and O–H groups in total. The average Bonchev–Trinajstić information content (AvgIpc) is 3.19. The van der Waals surface area contributed by atoms with E-state index in [1.807, 2.05) is 40.0 Å². The number of fused-ring (bicyclic) bond motifs is 5. The van der Waals surface area contributed by atoms with Crippen molar-refractivity contribution in [3.8, 4) is 11.3 Å². The van der Waals surface area contributed by atoms with Crippen LogP contribution in [0.4, 0.5) is 0 Å². The van der Waals surface area contributed by atoms with Gasteiger partial charge in [-0.1, -0.05) is 54.1 Å². The number of nitrogens with one attached hydrogen (secondary N) is 1. The van der Waals surface area contributed by atoms with Crippen LogP contribution in [0.5, 0.6) is 0 Å². The minimum Gasteiger partial charge on any atom is -0.378 e. The fraction of sp³-hybridized carbons (Fsp3) is 0.400. The van der Waals surface area contributed by atoms with Gasteiger partial charge in [0.05, 0.1) is 25.5 Å². The first kappa shape index (κ1) is 27.6. The molecule has 3 aromatic rings. The van der Waals surface area contributed by atoms with Gasteiger partial charge in [-0.3, -0.25) is 14.8 Å². The smallest absolute Gasteiger partial charge is 0.325 e. The van der Waals surface area contributed by atoms with Gasteiger partial charge in [0, 0.05) is 47.7 Å². The molecule has 0 radical (unpaired) electrons. The van der Waals surface area contributed by atoms with Gasteiger partial charge in [0.1, 0.15) is 0 Å². The molecule has 11 heteroatoms. The van der Waals surface area contributed by atoms with Gasteiger partial charge in [-0.2, -0.15) is 8.42 Å². The van der Waals surface area contributed by atoms with Crippen molar-refractivity contribution in [3.05, 3.63) is 64.7 Å². The molecule has 2 aliphatic heterocycles. The first-order chi connectivity index (χ1) is 19.7. The van der Waals surface area contributed by atoms with Crippen LogP contribution in [0.15, 0.2) is 48.0 Å². The molecule has 3 heterocycles. The van der Waals surface area contributed by atoms with Gasteiger partial charge >= 0.3 is 10.2 Å². The summed E-state index contributed by atoms with van der Waals surface area (Å²) in [5, 5.41) is 10.4. The summed E-state index contributed by atoms with van der Waals surface area (Å²) in [5.74, 6) is -0.560. The maximum Gasteiger partial charge on any atom is 0.325 e. The molecule has 1 saturated carbocycles. The number of carbonyl (C=O) groups excluding carboxylic acids is 2. The number of morpholine rings is 1. The Kier molecular flexibility index (Phi) is 7.45. The molecule has 0 bridgehead atoms. The molecule has 1 aromatic heterocycles. The molecule has 0 atom stereocenters. The van der Waals surface area contributed by atoms with E-state index in [1.54, 1.807) is 12.1 Å². The predicted molar refractivity (Wildman–Crippen MR) is 155 cm³/mol. The quantitative estimate of drug-likeness (QED) is 0.443. The SMILES string of the molecule is CN(O)S(=O)(=O)NC(=O)c1ccc2c(C3CCCCC3)c3n(c2c1)CC(C(=O)N1CCOCC1)=Cc1ccccc1-3. The lowest BCUT2D eigenvalue weighted by atomic mass is 9.81. The Labute approximate surface area is 239 Å². The summed E-state index contributed by atoms with van der Waals surface area (Å²) >= 11 is 0. The molecule has 10 nitrogen and oxygen atoms in total. The summed E-state index contributed by atoms with van der Waals surface area (Å²) in [4.78, 5) is 28.6. The molecule has 0 unspecified atom stereocenters. The van der Waals surface area contributed by atoms with Crippen molar-refractivity contribution >= 4 is 39.0 Å². The van der Waals surface area contributed by atoms with Crippen LogP contribution in [-0.2, 0) is 26.3 Å². The monoisotopic (exact) mass is 578 g/mol. The van der Waals surface area contributed by atoms with E-state index < -0.39 is 16.1 Å². The van der Waals surface area contributed by atoms with Crippen molar-refractivity contribution in [2.45, 2.75) is 44.6 Å². The van der Waals surface area contributed by atoms with Gasteiger partial charge in [-0.15, -0.1) is 0 Å². The van der Waals surface area contributed by atoms with Crippen molar-refractivity contribution in [2.24, 2.45) is 0 Å². The second kappa shape index (κ2) is 11.1. The normalized spacial score (nSPS) is 18.0. The predicted octanol–water partition coefficient (Wildman–Crippen LogP) is 3.91. The van der Waals surface area contributed by atoms with Crippen LogP contribution in [-0.4, -0.2) is 72.7 Å². The Hall–Kier alpha value is -3.51. The highest BCUT2D eigenvalue weighted by Crippen LogP contribution is 2.46. The van der Waals surface area contributed by atoms with E-state index in [0.29, 0.717) is 44.3 Å². The van der Waals surface area contributed by atoms with Crippen molar-refractivity contribution in [2.75, 3.05) is 33.4 Å². The molecule has 1 saturated heterocycles. The Bertz CT molecular complexity index is 1650. The maximum atomic E-state index is 13.8. The van der Waals surface area contributed by atoms with Crippen molar-refractivity contribution < 1.29 is 28.0 Å². The number of hydrogen-bond donors (Lipinski definition) is 2. The van der Waals surface area contributed by atoms with E-state index in [9.17, 15) is 23.2 Å². The highest BCUT2D eigenvalue weighted by Gasteiger charge is 2.32. The lowest BCUT2D eigenvalue weighted by molar-refractivity contribution is -0.131. The summed E-state index contributed by atoms with van der Waals surface area (Å²) in [5.41, 5.74) is 5.81. The zero-order valence-corrected chi connectivity index (χ0v) is 23.8. The van der Waals surface area contributed by atoms with Crippen molar-refractivity contribution in [3.63, 3.8) is 0 Å². The molecular formula is C30H34N4O6S. The molecular weight excluding hydrogens is 544 g/mol. The number of rotatable bonds is 5. The third kappa shape index (κ3) is 5.19. The summed E-state index contributed by atoms with van der Waals surface area (Å²) < 4.78 is 33.8. The third-order valence-corrected chi connectivity index (χ3v) is 9.54. The van der Waals surface area contributed by atoms with Gasteiger partial charge in [-0.05, 0) is 48.1 Å². The number of hydrogen-bond acceptors (Lipinski definition) is 6. The van der Waals surface area contributed by atoms with Crippen molar-refractivity contribution in [1.82, 2.24) is 18.7 Å². The lowest BCUT2D eigenvalue weighted by Crippen LogP contribution is -2.41. The van der Waals surface area contributed by atoms with Gasteiger partial charge in [0.25, 0.3) is 11.8 Å². The molecule has 1 aliphatic carbocycles.